The summed E-state index contributed by atoms with van der Waals surface area (Å²) in [5.41, 5.74) is 2.88. The first-order valence-electron chi connectivity index (χ1n) is 5.93. The first-order chi connectivity index (χ1) is 8.66. The van der Waals surface area contributed by atoms with Gasteiger partial charge < -0.3 is 0 Å². The van der Waals surface area contributed by atoms with Gasteiger partial charge in [0.2, 0.25) is 26.5 Å². The largest absolute Gasteiger partial charge is 0.288 e. The zero-order valence-corrected chi connectivity index (χ0v) is 11.2. The average Bonchev–Trinajstić information content (AvgIpc) is 2.38. The summed E-state index contributed by atoms with van der Waals surface area (Å²) in [6, 6.07) is 14.0. The van der Waals surface area contributed by atoms with Gasteiger partial charge in [0.25, 0.3) is 0 Å². The van der Waals surface area contributed by atoms with Gasteiger partial charge in [0.05, 0.1) is 11.1 Å². The van der Waals surface area contributed by atoms with Gasteiger partial charge >= 0.3 is 0 Å². The van der Waals surface area contributed by atoms with Crippen molar-refractivity contribution in [3.8, 4) is 0 Å². The highest BCUT2D eigenvalue weighted by Gasteiger charge is 2.27. The highest BCUT2D eigenvalue weighted by Crippen LogP contribution is 2.20. The maximum Gasteiger partial charge on any atom is 0.242 e. The van der Waals surface area contributed by atoms with Gasteiger partial charge in [0.1, 0.15) is 0 Å². The van der Waals surface area contributed by atoms with Gasteiger partial charge in [-0.2, -0.15) is 0 Å². The predicted octanol–water partition coefficient (Wildman–Crippen LogP) is 2.81. The van der Waals surface area contributed by atoms with Gasteiger partial charge in [-0.1, -0.05) is 17.7 Å². The fourth-order valence-electron chi connectivity index (χ4n) is 2.11. The van der Waals surface area contributed by atoms with Crippen molar-refractivity contribution < 1.29 is 4.79 Å². The molecule has 3 rings (SSSR count). The third-order valence-corrected chi connectivity index (χ3v) is 4.30. The number of ketones is 1. The molecule has 0 spiro atoms. The molecule has 1 nitrogen and oxygen atoms in total. The molecule has 0 radical (unpaired) electrons. The highest BCUT2D eigenvalue weighted by molar-refractivity contribution is 7.70. The summed E-state index contributed by atoms with van der Waals surface area (Å²) in [6.07, 6.45) is 0. The highest BCUT2D eigenvalue weighted by atomic mass is 32.1. The van der Waals surface area contributed by atoms with E-state index in [2.05, 4.69) is 26.0 Å². The van der Waals surface area contributed by atoms with Crippen LogP contribution in [0.1, 0.15) is 29.8 Å². The van der Waals surface area contributed by atoms with Gasteiger partial charge in [-0.25, -0.2) is 0 Å². The number of carbonyl (C=O) groups excluding carboxylic acids is 1. The molecule has 0 N–H and O–H groups in total. The lowest BCUT2D eigenvalue weighted by molar-refractivity contribution is 0.103. The normalized spacial score (nSPS) is 12.4. The lowest BCUT2D eigenvalue weighted by Gasteiger charge is -2.03. The second-order valence-corrected chi connectivity index (χ2v) is 5.72. The Kier molecular flexibility index (Phi) is 2.60. The lowest BCUT2D eigenvalue weighted by Crippen LogP contribution is -2.14. The number of benzene rings is 2. The molecule has 2 aromatic carbocycles. The van der Waals surface area contributed by atoms with E-state index >= 15 is 0 Å². The number of hydrogen-bond donors (Lipinski definition) is 0. The number of fused-ring (bicyclic) bond motifs is 2. The van der Waals surface area contributed by atoms with Crippen molar-refractivity contribution in [3.05, 3.63) is 63.3 Å². The second kappa shape index (κ2) is 4.14. The Hall–Kier alpha value is -1.80. The van der Waals surface area contributed by atoms with Crippen LogP contribution >= 0.6 is 0 Å². The third-order valence-electron chi connectivity index (χ3n) is 3.15. The van der Waals surface area contributed by atoms with E-state index in [4.69, 9.17) is 0 Å². The Morgan fingerprint density at radius 2 is 1.78 bits per heavy atom. The van der Waals surface area contributed by atoms with Crippen LogP contribution in [0.15, 0.2) is 47.4 Å². The minimum absolute atomic E-state index is 0.141. The number of hydrogen-bond acceptors (Lipinski definition) is 1. The Morgan fingerprint density at radius 1 is 1.00 bits per heavy atom. The molecule has 0 aromatic heterocycles. The number of carbonyl (C=O) groups is 1. The Balaban J connectivity index is 2.38. The summed E-state index contributed by atoms with van der Waals surface area (Å²) in [4.78, 5) is 13.5. The Labute approximate surface area is 110 Å². The van der Waals surface area contributed by atoms with E-state index < -0.39 is 0 Å². The molecule has 88 valence electrons. The molecule has 18 heavy (non-hydrogen) atoms. The van der Waals surface area contributed by atoms with Gasteiger partial charge in [-0.05, 0) is 37.3 Å². The van der Waals surface area contributed by atoms with Crippen LogP contribution in [0.3, 0.4) is 0 Å². The Bertz CT molecular complexity index is 768. The van der Waals surface area contributed by atoms with Crippen molar-refractivity contribution in [3.63, 3.8) is 0 Å². The maximum absolute atomic E-state index is 12.5. The quantitative estimate of drug-likeness (QED) is 0.445. The van der Waals surface area contributed by atoms with Gasteiger partial charge in [0, 0.05) is 12.1 Å². The molecule has 0 amide bonds. The second-order valence-electron chi connectivity index (χ2n) is 4.64. The van der Waals surface area contributed by atoms with E-state index in [0.29, 0.717) is 0 Å². The first-order valence-corrected chi connectivity index (χ1v) is 6.74. The van der Waals surface area contributed by atoms with E-state index in [9.17, 15) is 4.79 Å². The van der Waals surface area contributed by atoms with Crippen LogP contribution in [0.2, 0.25) is 0 Å². The molecule has 2 heteroatoms. The molecule has 0 bridgehead atoms. The van der Waals surface area contributed by atoms with Crippen molar-refractivity contribution in [2.45, 2.75) is 18.7 Å². The molecule has 0 unspecified atom stereocenters. The number of rotatable bonds is 0. The first kappa shape index (κ1) is 11.3. The SMILES string of the molecule is CC(C)=c1ccc2c(c1)C(=O)c1ccccc1[S+]=2. The van der Waals surface area contributed by atoms with Crippen LogP contribution in [-0.2, 0) is 11.4 Å². The third kappa shape index (κ3) is 1.70. The monoisotopic (exact) mass is 253 g/mol. The van der Waals surface area contributed by atoms with Crippen LogP contribution in [-0.4, -0.2) is 5.78 Å². The molecule has 0 atom stereocenters. The molecule has 0 saturated carbocycles. The molecule has 1 aliphatic heterocycles. The summed E-state index contributed by atoms with van der Waals surface area (Å²) in [5.74, 6) is 0.141. The smallest absolute Gasteiger partial charge is 0.242 e. The van der Waals surface area contributed by atoms with Crippen LogP contribution in [0.25, 0.3) is 5.57 Å². The molecular weight excluding hydrogens is 240 g/mol. The molecule has 1 heterocycles. The zero-order valence-electron chi connectivity index (χ0n) is 10.4. The van der Waals surface area contributed by atoms with Crippen molar-refractivity contribution in [2.75, 3.05) is 0 Å². The summed E-state index contributed by atoms with van der Waals surface area (Å²) in [6.45, 7) is 4.13. The molecule has 0 saturated heterocycles. The van der Waals surface area contributed by atoms with Crippen LogP contribution in [0, 0.1) is 4.51 Å². The summed E-state index contributed by atoms with van der Waals surface area (Å²) in [7, 11) is 0. The van der Waals surface area contributed by atoms with E-state index in [1.54, 1.807) is 11.4 Å². The fraction of sp³-hybridized carbons (Fsp3) is 0.125. The average molecular weight is 253 g/mol. The van der Waals surface area contributed by atoms with Crippen molar-refractivity contribution in [1.82, 2.24) is 0 Å². The molecule has 1 aliphatic rings. The van der Waals surface area contributed by atoms with Crippen LogP contribution < -0.4 is 5.22 Å². The fourth-order valence-corrected chi connectivity index (χ4v) is 3.17. The molecule has 0 aliphatic carbocycles. The predicted molar refractivity (Wildman–Crippen MR) is 75.2 cm³/mol. The van der Waals surface area contributed by atoms with Crippen molar-refractivity contribution in [1.29, 1.82) is 0 Å². The summed E-state index contributed by atoms with van der Waals surface area (Å²) >= 11 is 1.68. The Morgan fingerprint density at radius 3 is 2.56 bits per heavy atom. The van der Waals surface area contributed by atoms with E-state index in [1.165, 1.54) is 5.57 Å². The lowest BCUT2D eigenvalue weighted by atomic mass is 10.0. The minimum Gasteiger partial charge on any atom is -0.288 e. The molecule has 0 fully saturated rings. The summed E-state index contributed by atoms with van der Waals surface area (Å²) < 4.78 is 1.06. The van der Waals surface area contributed by atoms with Gasteiger partial charge in [0.15, 0.2) is 0 Å². The zero-order chi connectivity index (χ0) is 12.7. The minimum atomic E-state index is 0.141. The van der Waals surface area contributed by atoms with E-state index in [-0.39, 0.29) is 5.78 Å². The van der Waals surface area contributed by atoms with E-state index in [1.807, 2.05) is 30.3 Å². The van der Waals surface area contributed by atoms with Gasteiger partial charge in [-0.3, -0.25) is 4.79 Å². The maximum atomic E-state index is 12.5. The van der Waals surface area contributed by atoms with Crippen molar-refractivity contribution in [2.24, 2.45) is 0 Å². The standard InChI is InChI=1S/C16H13OS/c1-10(2)11-7-8-15-13(9-11)16(17)12-5-3-4-6-14(12)18-15/h3-9H,1-2H3/q+1. The summed E-state index contributed by atoms with van der Waals surface area (Å²) in [5, 5.41) is 1.14. The van der Waals surface area contributed by atoms with Crippen molar-refractivity contribution >= 4 is 22.7 Å². The van der Waals surface area contributed by atoms with Crippen LogP contribution in [0.4, 0.5) is 0 Å². The molecule has 2 aromatic rings. The van der Waals surface area contributed by atoms with Gasteiger partial charge in [-0.15, -0.1) is 0 Å². The molecular formula is C16H13OS+. The van der Waals surface area contributed by atoms with E-state index in [0.717, 1.165) is 25.8 Å². The topological polar surface area (TPSA) is 17.1 Å². The van der Waals surface area contributed by atoms with Crippen LogP contribution in [0.5, 0.6) is 0 Å².